The SMILES string of the molecule is N#CC1CCN(C(c2ccccc2)c2ccccc2)CC1. The highest BCUT2D eigenvalue weighted by Gasteiger charge is 2.26. The average Bonchev–Trinajstić information content (AvgIpc) is 2.58. The van der Waals surface area contributed by atoms with Crippen LogP contribution in [0, 0.1) is 17.2 Å². The van der Waals surface area contributed by atoms with Crippen LogP contribution >= 0.6 is 0 Å². The second kappa shape index (κ2) is 6.56. The number of nitrogens with zero attached hydrogens (tertiary/aromatic N) is 2. The maximum Gasteiger partial charge on any atom is 0.0656 e. The number of likely N-dealkylation sites (tertiary alicyclic amines) is 1. The van der Waals surface area contributed by atoms with Gasteiger partial charge in [0.1, 0.15) is 0 Å². The standard InChI is InChI=1S/C19H20N2/c20-15-16-11-13-21(14-12-16)19(17-7-3-1-4-8-17)18-9-5-2-6-10-18/h1-10,16,19H,11-14H2. The molecule has 0 N–H and O–H groups in total. The van der Waals surface area contributed by atoms with E-state index in [-0.39, 0.29) is 5.92 Å². The third-order valence-electron chi connectivity index (χ3n) is 4.31. The second-order valence-corrected chi connectivity index (χ2v) is 5.66. The Morgan fingerprint density at radius 3 is 1.76 bits per heavy atom. The van der Waals surface area contributed by atoms with Crippen molar-refractivity contribution in [1.82, 2.24) is 4.90 Å². The van der Waals surface area contributed by atoms with Crippen molar-refractivity contribution in [3.05, 3.63) is 71.8 Å². The highest BCUT2D eigenvalue weighted by Crippen LogP contribution is 2.31. The summed E-state index contributed by atoms with van der Waals surface area (Å²) in [6.45, 7) is 1.99. The molecule has 1 saturated heterocycles. The molecule has 1 fully saturated rings. The Morgan fingerprint density at radius 2 is 1.33 bits per heavy atom. The van der Waals surface area contributed by atoms with E-state index in [1.54, 1.807) is 0 Å². The molecule has 0 spiro atoms. The van der Waals surface area contributed by atoms with E-state index in [1.807, 2.05) is 0 Å². The van der Waals surface area contributed by atoms with Gasteiger partial charge in [0.15, 0.2) is 0 Å². The van der Waals surface area contributed by atoms with Crippen molar-refractivity contribution in [3.8, 4) is 6.07 Å². The summed E-state index contributed by atoms with van der Waals surface area (Å²) in [5.41, 5.74) is 2.67. The summed E-state index contributed by atoms with van der Waals surface area (Å²) in [4.78, 5) is 2.51. The predicted molar refractivity (Wildman–Crippen MR) is 84.6 cm³/mol. The monoisotopic (exact) mass is 276 g/mol. The first-order chi connectivity index (χ1) is 10.4. The number of hydrogen-bond donors (Lipinski definition) is 0. The lowest BCUT2D eigenvalue weighted by molar-refractivity contribution is 0.168. The minimum absolute atomic E-state index is 0.230. The largest absolute Gasteiger partial charge is 0.292 e. The summed E-state index contributed by atoms with van der Waals surface area (Å²) in [6, 6.07) is 24.1. The smallest absolute Gasteiger partial charge is 0.0656 e. The molecule has 3 rings (SSSR count). The Kier molecular flexibility index (Phi) is 4.33. The molecule has 2 aromatic carbocycles. The number of rotatable bonds is 3. The molecule has 2 aromatic rings. The first kappa shape index (κ1) is 13.9. The Morgan fingerprint density at radius 1 is 0.857 bits per heavy atom. The first-order valence-electron chi connectivity index (χ1n) is 7.62. The van der Waals surface area contributed by atoms with Crippen LogP contribution in [0.4, 0.5) is 0 Å². The molecular formula is C19H20N2. The topological polar surface area (TPSA) is 27.0 Å². The molecule has 2 nitrogen and oxygen atoms in total. The van der Waals surface area contributed by atoms with Crippen LogP contribution in [0.15, 0.2) is 60.7 Å². The molecule has 0 amide bonds. The third-order valence-corrected chi connectivity index (χ3v) is 4.31. The van der Waals surface area contributed by atoms with E-state index in [1.165, 1.54) is 11.1 Å². The molecule has 0 saturated carbocycles. The molecule has 0 aromatic heterocycles. The van der Waals surface area contributed by atoms with Gasteiger partial charge in [-0.1, -0.05) is 60.7 Å². The summed E-state index contributed by atoms with van der Waals surface area (Å²) in [7, 11) is 0. The van der Waals surface area contributed by atoms with Gasteiger partial charge < -0.3 is 0 Å². The molecule has 0 bridgehead atoms. The molecular weight excluding hydrogens is 256 g/mol. The maximum absolute atomic E-state index is 9.08. The fourth-order valence-corrected chi connectivity index (χ4v) is 3.17. The van der Waals surface area contributed by atoms with E-state index in [0.717, 1.165) is 25.9 Å². The van der Waals surface area contributed by atoms with E-state index in [4.69, 9.17) is 5.26 Å². The molecule has 2 heteroatoms. The summed E-state index contributed by atoms with van der Waals surface area (Å²) in [5, 5.41) is 9.08. The van der Waals surface area contributed by atoms with Gasteiger partial charge in [-0.05, 0) is 24.0 Å². The zero-order valence-electron chi connectivity index (χ0n) is 12.2. The summed E-state index contributed by atoms with van der Waals surface area (Å²) >= 11 is 0. The maximum atomic E-state index is 9.08. The molecule has 1 heterocycles. The van der Waals surface area contributed by atoms with Crippen LogP contribution in [0.3, 0.4) is 0 Å². The molecule has 106 valence electrons. The van der Waals surface area contributed by atoms with E-state index in [9.17, 15) is 0 Å². The molecule has 0 atom stereocenters. The zero-order valence-corrected chi connectivity index (χ0v) is 12.2. The lowest BCUT2D eigenvalue weighted by atomic mass is 9.92. The van der Waals surface area contributed by atoms with Gasteiger partial charge in [0, 0.05) is 19.0 Å². The minimum Gasteiger partial charge on any atom is -0.292 e. The van der Waals surface area contributed by atoms with Crippen LogP contribution in [-0.4, -0.2) is 18.0 Å². The van der Waals surface area contributed by atoms with Gasteiger partial charge in [-0.15, -0.1) is 0 Å². The van der Waals surface area contributed by atoms with Crippen molar-refractivity contribution in [2.45, 2.75) is 18.9 Å². The Hall–Kier alpha value is -2.11. The number of nitriles is 1. The van der Waals surface area contributed by atoms with Gasteiger partial charge in [0.05, 0.1) is 12.1 Å². The van der Waals surface area contributed by atoms with Crippen LogP contribution in [0.1, 0.15) is 30.0 Å². The minimum atomic E-state index is 0.230. The van der Waals surface area contributed by atoms with Crippen LogP contribution in [-0.2, 0) is 0 Å². The lowest BCUT2D eigenvalue weighted by Crippen LogP contribution is -2.37. The molecule has 0 aliphatic carbocycles. The van der Waals surface area contributed by atoms with Gasteiger partial charge >= 0.3 is 0 Å². The van der Waals surface area contributed by atoms with Gasteiger partial charge in [0.2, 0.25) is 0 Å². The van der Waals surface area contributed by atoms with Crippen molar-refractivity contribution in [2.75, 3.05) is 13.1 Å². The quantitative estimate of drug-likeness (QED) is 0.847. The van der Waals surface area contributed by atoms with E-state index in [2.05, 4.69) is 71.6 Å². The van der Waals surface area contributed by atoms with Crippen LogP contribution in [0.25, 0.3) is 0 Å². The van der Waals surface area contributed by atoms with Gasteiger partial charge in [-0.3, -0.25) is 4.90 Å². The molecule has 0 unspecified atom stereocenters. The summed E-state index contributed by atoms with van der Waals surface area (Å²) in [5.74, 6) is 0.230. The fraction of sp³-hybridized carbons (Fsp3) is 0.316. The second-order valence-electron chi connectivity index (χ2n) is 5.66. The number of piperidine rings is 1. The van der Waals surface area contributed by atoms with Crippen molar-refractivity contribution in [3.63, 3.8) is 0 Å². The van der Waals surface area contributed by atoms with Crippen LogP contribution in [0.5, 0.6) is 0 Å². The average molecular weight is 276 g/mol. The molecule has 1 aliphatic rings. The third kappa shape index (κ3) is 3.15. The lowest BCUT2D eigenvalue weighted by Gasteiger charge is -2.36. The molecule has 1 aliphatic heterocycles. The highest BCUT2D eigenvalue weighted by molar-refractivity contribution is 5.31. The Labute approximate surface area is 126 Å². The van der Waals surface area contributed by atoms with Gasteiger partial charge in [-0.2, -0.15) is 5.26 Å². The highest BCUT2D eigenvalue weighted by atomic mass is 15.2. The van der Waals surface area contributed by atoms with Crippen LogP contribution in [0.2, 0.25) is 0 Å². The normalized spacial score (nSPS) is 16.8. The number of benzene rings is 2. The zero-order chi connectivity index (χ0) is 14.5. The van der Waals surface area contributed by atoms with E-state index < -0.39 is 0 Å². The summed E-state index contributed by atoms with van der Waals surface area (Å²) in [6.07, 6.45) is 1.96. The Balaban J connectivity index is 1.89. The van der Waals surface area contributed by atoms with Crippen molar-refractivity contribution < 1.29 is 0 Å². The van der Waals surface area contributed by atoms with Crippen molar-refractivity contribution in [2.24, 2.45) is 5.92 Å². The van der Waals surface area contributed by atoms with E-state index in [0.29, 0.717) is 6.04 Å². The predicted octanol–water partition coefficient (Wildman–Crippen LogP) is 4.01. The van der Waals surface area contributed by atoms with E-state index >= 15 is 0 Å². The summed E-state index contributed by atoms with van der Waals surface area (Å²) < 4.78 is 0. The van der Waals surface area contributed by atoms with Gasteiger partial charge in [-0.25, -0.2) is 0 Å². The fourth-order valence-electron chi connectivity index (χ4n) is 3.17. The molecule has 21 heavy (non-hydrogen) atoms. The van der Waals surface area contributed by atoms with Crippen LogP contribution < -0.4 is 0 Å². The Bertz CT molecular complexity index is 553. The first-order valence-corrected chi connectivity index (χ1v) is 7.62. The van der Waals surface area contributed by atoms with Crippen molar-refractivity contribution in [1.29, 1.82) is 5.26 Å². The number of hydrogen-bond acceptors (Lipinski definition) is 2. The van der Waals surface area contributed by atoms with Crippen molar-refractivity contribution >= 4 is 0 Å². The molecule has 0 radical (unpaired) electrons. The van der Waals surface area contributed by atoms with Gasteiger partial charge in [0.25, 0.3) is 0 Å².